The molecular formula is C17H26N4O6S. The maximum absolute atomic E-state index is 12.6. The molecule has 0 bridgehead atoms. The second kappa shape index (κ2) is 9.30. The van der Waals surface area contributed by atoms with E-state index >= 15 is 0 Å². The highest BCUT2D eigenvalue weighted by atomic mass is 32.2. The number of nitrogens with one attached hydrogen (secondary N) is 1. The van der Waals surface area contributed by atoms with Crippen molar-refractivity contribution >= 4 is 27.3 Å². The van der Waals surface area contributed by atoms with Gasteiger partial charge in [0, 0.05) is 38.3 Å². The summed E-state index contributed by atoms with van der Waals surface area (Å²) in [6, 6.07) is 2.88. The molecule has 0 aromatic heterocycles. The average molecular weight is 414 g/mol. The fourth-order valence-electron chi connectivity index (χ4n) is 3.04. The molecule has 0 radical (unpaired) electrons. The Balaban J connectivity index is 2.15. The summed E-state index contributed by atoms with van der Waals surface area (Å²) in [7, 11) is -3.85. The van der Waals surface area contributed by atoms with E-state index in [9.17, 15) is 23.3 Å². The van der Waals surface area contributed by atoms with Crippen LogP contribution in [0.2, 0.25) is 0 Å². The van der Waals surface area contributed by atoms with Crippen molar-refractivity contribution in [2.24, 2.45) is 0 Å². The van der Waals surface area contributed by atoms with Crippen molar-refractivity contribution in [3.05, 3.63) is 33.9 Å². The lowest BCUT2D eigenvalue weighted by Crippen LogP contribution is -2.50. The van der Waals surface area contributed by atoms with Crippen LogP contribution in [0.4, 0.5) is 11.4 Å². The minimum Gasteiger partial charge on any atom is -0.379 e. The molecule has 156 valence electrons. The van der Waals surface area contributed by atoms with Crippen LogP contribution in [0.25, 0.3) is 0 Å². The van der Waals surface area contributed by atoms with Gasteiger partial charge in [-0.2, -0.15) is 0 Å². The molecule has 1 fully saturated rings. The average Bonchev–Trinajstić information content (AvgIpc) is 2.62. The summed E-state index contributed by atoms with van der Waals surface area (Å²) < 4.78 is 31.0. The Hall–Kier alpha value is -2.24. The molecule has 1 atom stereocenters. The van der Waals surface area contributed by atoms with E-state index in [1.165, 1.54) is 25.1 Å². The van der Waals surface area contributed by atoms with Crippen LogP contribution in [0.15, 0.2) is 18.2 Å². The zero-order valence-electron chi connectivity index (χ0n) is 16.3. The molecule has 2 rings (SSSR count). The number of nitro groups is 1. The van der Waals surface area contributed by atoms with Crippen molar-refractivity contribution in [1.29, 1.82) is 0 Å². The first-order chi connectivity index (χ1) is 13.1. The summed E-state index contributed by atoms with van der Waals surface area (Å²) >= 11 is 0. The number of aryl methyl sites for hydroxylation is 1. The number of hydrogen-bond donors (Lipinski definition) is 1. The topological polar surface area (TPSA) is 122 Å². The largest absolute Gasteiger partial charge is 0.379 e. The monoisotopic (exact) mass is 414 g/mol. The maximum Gasteiger partial charge on any atom is 0.271 e. The zero-order chi connectivity index (χ0) is 20.9. The van der Waals surface area contributed by atoms with Gasteiger partial charge in [-0.3, -0.25) is 24.1 Å². The van der Waals surface area contributed by atoms with Crippen molar-refractivity contribution in [3.63, 3.8) is 0 Å². The number of sulfonamides is 1. The third kappa shape index (κ3) is 5.63. The van der Waals surface area contributed by atoms with Crippen molar-refractivity contribution in [2.45, 2.75) is 19.9 Å². The summed E-state index contributed by atoms with van der Waals surface area (Å²) in [6.07, 6.45) is 0.975. The Morgan fingerprint density at radius 3 is 2.61 bits per heavy atom. The number of amides is 1. The van der Waals surface area contributed by atoms with Crippen LogP contribution in [0.1, 0.15) is 12.5 Å². The zero-order valence-corrected chi connectivity index (χ0v) is 17.1. The van der Waals surface area contributed by atoms with Gasteiger partial charge in [0.1, 0.15) is 6.04 Å². The highest BCUT2D eigenvalue weighted by Crippen LogP contribution is 2.29. The second-order valence-corrected chi connectivity index (χ2v) is 8.57. The number of non-ortho nitro benzene ring substituents is 1. The van der Waals surface area contributed by atoms with E-state index in [1.807, 2.05) is 0 Å². The van der Waals surface area contributed by atoms with Crippen LogP contribution in [0, 0.1) is 17.0 Å². The summed E-state index contributed by atoms with van der Waals surface area (Å²) in [5, 5.41) is 13.8. The fraction of sp³-hybridized carbons (Fsp3) is 0.588. The minimum atomic E-state index is -3.85. The second-order valence-electron chi connectivity index (χ2n) is 6.71. The smallest absolute Gasteiger partial charge is 0.271 e. The first-order valence-electron chi connectivity index (χ1n) is 8.93. The van der Waals surface area contributed by atoms with Gasteiger partial charge in [-0.1, -0.05) is 6.07 Å². The van der Waals surface area contributed by atoms with Gasteiger partial charge >= 0.3 is 0 Å². The molecule has 1 aromatic carbocycles. The number of nitrogens with zero attached hydrogens (tertiary/aromatic N) is 3. The Labute approximate surface area is 164 Å². The highest BCUT2D eigenvalue weighted by Gasteiger charge is 2.31. The Morgan fingerprint density at radius 2 is 2.04 bits per heavy atom. The molecular weight excluding hydrogens is 388 g/mol. The van der Waals surface area contributed by atoms with Gasteiger partial charge in [-0.15, -0.1) is 0 Å². The maximum atomic E-state index is 12.6. The van der Waals surface area contributed by atoms with Crippen LogP contribution >= 0.6 is 0 Å². The standard InChI is InChI=1S/C17H26N4O6S/c1-13-4-5-15(21(23)24)12-16(13)20(28(3,25)26)14(2)17(22)18-6-7-19-8-10-27-11-9-19/h4-5,12,14H,6-11H2,1-3H3,(H,18,22)/t14-/m0/s1. The van der Waals surface area contributed by atoms with Crippen LogP contribution < -0.4 is 9.62 Å². The molecule has 1 N–H and O–H groups in total. The molecule has 1 aromatic rings. The Morgan fingerprint density at radius 1 is 1.39 bits per heavy atom. The molecule has 10 nitrogen and oxygen atoms in total. The Bertz CT molecular complexity index is 823. The van der Waals surface area contributed by atoms with E-state index in [1.54, 1.807) is 6.92 Å². The van der Waals surface area contributed by atoms with Crippen LogP contribution in [-0.4, -0.2) is 75.8 Å². The molecule has 11 heteroatoms. The number of carbonyl (C=O) groups is 1. The van der Waals surface area contributed by atoms with Gasteiger partial charge < -0.3 is 10.1 Å². The van der Waals surface area contributed by atoms with Gasteiger partial charge in [0.2, 0.25) is 15.9 Å². The van der Waals surface area contributed by atoms with E-state index in [2.05, 4.69) is 10.2 Å². The number of benzene rings is 1. The summed E-state index contributed by atoms with van der Waals surface area (Å²) in [4.78, 5) is 25.2. The van der Waals surface area contributed by atoms with Crippen LogP contribution in [0.3, 0.4) is 0 Å². The van der Waals surface area contributed by atoms with Gasteiger partial charge in [0.15, 0.2) is 0 Å². The van der Waals surface area contributed by atoms with Crippen molar-refractivity contribution in [3.8, 4) is 0 Å². The van der Waals surface area contributed by atoms with E-state index in [-0.39, 0.29) is 11.4 Å². The lowest BCUT2D eigenvalue weighted by atomic mass is 10.1. The first kappa shape index (κ1) is 22.1. The van der Waals surface area contributed by atoms with Crippen molar-refractivity contribution < 1.29 is 22.9 Å². The van der Waals surface area contributed by atoms with Crippen molar-refractivity contribution in [1.82, 2.24) is 10.2 Å². The number of rotatable bonds is 8. The molecule has 1 saturated heterocycles. The molecule has 0 unspecified atom stereocenters. The molecule has 1 aliphatic heterocycles. The quantitative estimate of drug-likeness (QED) is 0.486. The predicted octanol–water partition coefficient (Wildman–Crippen LogP) is 0.506. The fourth-order valence-corrected chi connectivity index (χ4v) is 4.26. The number of hydrogen-bond acceptors (Lipinski definition) is 7. The Kier molecular flexibility index (Phi) is 7.33. The SMILES string of the molecule is Cc1ccc([N+](=O)[O-])cc1N([C@@H](C)C(=O)NCCN1CCOCC1)S(C)(=O)=O. The van der Waals surface area contributed by atoms with E-state index in [0.29, 0.717) is 31.9 Å². The number of anilines is 1. The third-order valence-electron chi connectivity index (χ3n) is 4.56. The molecule has 0 spiro atoms. The first-order valence-corrected chi connectivity index (χ1v) is 10.8. The lowest BCUT2D eigenvalue weighted by Gasteiger charge is -2.30. The van der Waals surface area contributed by atoms with Crippen LogP contribution in [-0.2, 0) is 19.6 Å². The van der Waals surface area contributed by atoms with Crippen LogP contribution in [0.5, 0.6) is 0 Å². The van der Waals surface area contributed by atoms with E-state index in [4.69, 9.17) is 4.74 Å². The number of morpholine rings is 1. The summed E-state index contributed by atoms with van der Waals surface area (Å²) in [5.41, 5.74) is 0.394. The highest BCUT2D eigenvalue weighted by molar-refractivity contribution is 7.92. The minimum absolute atomic E-state index is 0.118. The van der Waals surface area contributed by atoms with Crippen molar-refractivity contribution in [2.75, 3.05) is 50.0 Å². The summed E-state index contributed by atoms with van der Waals surface area (Å²) in [6.45, 7) is 6.98. The van der Waals surface area contributed by atoms with E-state index < -0.39 is 26.9 Å². The molecule has 0 saturated carbocycles. The van der Waals surface area contributed by atoms with Gasteiger partial charge in [-0.25, -0.2) is 8.42 Å². The predicted molar refractivity (Wildman–Crippen MR) is 105 cm³/mol. The van der Waals surface area contributed by atoms with Gasteiger partial charge in [-0.05, 0) is 19.4 Å². The summed E-state index contributed by atoms with van der Waals surface area (Å²) in [5.74, 6) is -0.468. The molecule has 1 aliphatic rings. The molecule has 1 amide bonds. The third-order valence-corrected chi connectivity index (χ3v) is 5.79. The lowest BCUT2D eigenvalue weighted by molar-refractivity contribution is -0.384. The number of ether oxygens (including phenoxy) is 1. The normalized spacial score (nSPS) is 16.4. The number of carbonyl (C=O) groups excluding carboxylic acids is 1. The molecule has 0 aliphatic carbocycles. The molecule has 1 heterocycles. The van der Waals surface area contributed by atoms with Gasteiger partial charge in [0.05, 0.1) is 30.1 Å². The van der Waals surface area contributed by atoms with E-state index in [0.717, 1.165) is 23.7 Å². The molecule has 28 heavy (non-hydrogen) atoms. The van der Waals surface area contributed by atoms with Gasteiger partial charge in [0.25, 0.3) is 5.69 Å². The number of nitro benzene ring substituents is 1.